The van der Waals surface area contributed by atoms with E-state index in [0.717, 1.165) is 39.7 Å². The summed E-state index contributed by atoms with van der Waals surface area (Å²) < 4.78 is 23.9. The number of hydrogen-bond acceptors (Lipinski definition) is 12. The number of amides is 1. The van der Waals surface area contributed by atoms with Crippen molar-refractivity contribution in [2.24, 2.45) is 0 Å². The predicted molar refractivity (Wildman–Crippen MR) is 217 cm³/mol. The fourth-order valence-electron chi connectivity index (χ4n) is 7.22. The van der Waals surface area contributed by atoms with Crippen molar-refractivity contribution in [3.05, 3.63) is 52.1 Å². The van der Waals surface area contributed by atoms with Gasteiger partial charge in [-0.15, -0.1) is 0 Å². The molecule has 5 N–H and O–H groups in total. The van der Waals surface area contributed by atoms with Crippen molar-refractivity contribution in [1.29, 1.82) is 0 Å². The third-order valence-corrected chi connectivity index (χ3v) is 11.0. The van der Waals surface area contributed by atoms with E-state index in [1.165, 1.54) is 0 Å². The standard InChI is InChI=1S/C40H60N5O12P/c1-28-22-31(4)39(32(5)23-28)33-24-30(3)35(25-29(33)2)57-58(54,55)56-21-7-8-34(40(52)53)45-17-15-42(19-20-46)11-12-43(13-14-44(16-18-45)27-38(50)51)26-36(47)41-10-6-9-37(48)49/h20,22-25,34H,6-19,21,26-27H2,1-5H3,(H,41,47)(H,48,49)(H,50,51)(H,52,53)(H,54,55)/t34-/m1/s1. The molecule has 58 heavy (non-hydrogen) atoms. The molecule has 0 aromatic heterocycles. The highest BCUT2D eigenvalue weighted by Crippen LogP contribution is 2.46. The number of phosphoric acid groups is 1. The van der Waals surface area contributed by atoms with Crippen LogP contribution in [0.2, 0.25) is 0 Å². The summed E-state index contributed by atoms with van der Waals surface area (Å²) >= 11 is 0. The van der Waals surface area contributed by atoms with Gasteiger partial charge in [-0.25, -0.2) is 4.57 Å². The molecule has 0 spiro atoms. The van der Waals surface area contributed by atoms with E-state index in [0.29, 0.717) is 31.7 Å². The van der Waals surface area contributed by atoms with Gasteiger partial charge in [0, 0.05) is 65.3 Å². The Hall–Kier alpha value is -4.22. The Morgan fingerprint density at radius 2 is 1.36 bits per heavy atom. The van der Waals surface area contributed by atoms with Gasteiger partial charge < -0.3 is 30.0 Å². The number of rotatable bonds is 20. The second-order valence-electron chi connectivity index (χ2n) is 14.9. The van der Waals surface area contributed by atoms with Gasteiger partial charge in [0.1, 0.15) is 18.1 Å². The third kappa shape index (κ3) is 16.2. The lowest BCUT2D eigenvalue weighted by Crippen LogP contribution is -2.52. The van der Waals surface area contributed by atoms with Crippen LogP contribution >= 0.6 is 7.82 Å². The summed E-state index contributed by atoms with van der Waals surface area (Å²) in [5, 5.41) is 31.5. The molecule has 1 amide bonds. The maximum Gasteiger partial charge on any atom is 0.527 e. The molecular weight excluding hydrogens is 773 g/mol. The van der Waals surface area contributed by atoms with Crippen molar-refractivity contribution in [3.8, 4) is 16.9 Å². The van der Waals surface area contributed by atoms with Crippen molar-refractivity contribution in [1.82, 2.24) is 24.9 Å². The van der Waals surface area contributed by atoms with Crippen molar-refractivity contribution < 1.29 is 57.8 Å². The van der Waals surface area contributed by atoms with Gasteiger partial charge in [-0.3, -0.25) is 48.2 Å². The van der Waals surface area contributed by atoms with E-state index in [2.05, 4.69) is 17.4 Å². The minimum absolute atomic E-state index is 0.0109. The summed E-state index contributed by atoms with van der Waals surface area (Å²) in [5.74, 6) is -3.27. The Balaban J connectivity index is 1.66. The van der Waals surface area contributed by atoms with E-state index < -0.39 is 31.8 Å². The zero-order valence-corrected chi connectivity index (χ0v) is 35.2. The number of benzene rings is 2. The lowest BCUT2D eigenvalue weighted by atomic mass is 9.90. The molecule has 2 aromatic rings. The van der Waals surface area contributed by atoms with E-state index in [1.54, 1.807) is 22.8 Å². The van der Waals surface area contributed by atoms with Crippen LogP contribution in [0.25, 0.3) is 11.1 Å². The summed E-state index contributed by atoms with van der Waals surface area (Å²) in [6, 6.07) is 6.79. The lowest BCUT2D eigenvalue weighted by molar-refractivity contribution is -0.144. The first kappa shape index (κ1) is 48.2. The van der Waals surface area contributed by atoms with E-state index in [4.69, 9.17) is 14.2 Å². The molecule has 1 fully saturated rings. The minimum Gasteiger partial charge on any atom is -0.481 e. The second kappa shape index (κ2) is 23.4. The number of carboxylic acids is 3. The maximum absolute atomic E-state index is 13.1. The number of carboxylic acid groups (broad SMARTS) is 3. The predicted octanol–water partition coefficient (Wildman–Crippen LogP) is 3.11. The first-order chi connectivity index (χ1) is 27.4. The zero-order chi connectivity index (χ0) is 43.0. The number of hydrogen-bond donors (Lipinski definition) is 5. The van der Waals surface area contributed by atoms with Gasteiger partial charge in [-0.05, 0) is 99.4 Å². The van der Waals surface area contributed by atoms with Crippen molar-refractivity contribution in [2.45, 2.75) is 66.3 Å². The van der Waals surface area contributed by atoms with Crippen molar-refractivity contribution >= 4 is 37.9 Å². The zero-order valence-electron chi connectivity index (χ0n) is 34.3. The molecule has 0 saturated carbocycles. The van der Waals surface area contributed by atoms with E-state index in [1.807, 2.05) is 43.6 Å². The molecule has 0 radical (unpaired) electrons. The summed E-state index contributed by atoms with van der Waals surface area (Å²) in [4.78, 5) is 77.1. The highest BCUT2D eigenvalue weighted by molar-refractivity contribution is 7.47. The van der Waals surface area contributed by atoms with Gasteiger partial charge in [0.25, 0.3) is 0 Å². The molecule has 1 heterocycles. The normalized spacial score (nSPS) is 17.0. The largest absolute Gasteiger partial charge is 0.527 e. The Kier molecular flexibility index (Phi) is 19.4. The second-order valence-corrected chi connectivity index (χ2v) is 16.3. The fraction of sp³-hybridized carbons (Fsp3) is 0.575. The monoisotopic (exact) mass is 833 g/mol. The Morgan fingerprint density at radius 3 is 1.95 bits per heavy atom. The fourth-order valence-corrected chi connectivity index (χ4v) is 8.08. The van der Waals surface area contributed by atoms with Crippen LogP contribution in [0.15, 0.2) is 24.3 Å². The summed E-state index contributed by atoms with van der Waals surface area (Å²) in [5.41, 5.74) is 6.97. The lowest BCUT2D eigenvalue weighted by Gasteiger charge is -2.35. The molecule has 1 aliphatic heterocycles. The Morgan fingerprint density at radius 1 is 0.776 bits per heavy atom. The smallest absolute Gasteiger partial charge is 0.481 e. The molecule has 0 aliphatic carbocycles. The van der Waals surface area contributed by atoms with Gasteiger partial charge in [0.05, 0.1) is 26.2 Å². The Labute approximate surface area is 340 Å². The quantitative estimate of drug-likeness (QED) is 0.0734. The minimum atomic E-state index is -4.60. The van der Waals surface area contributed by atoms with Crippen molar-refractivity contribution in [2.75, 3.05) is 85.1 Å². The Bertz CT molecular complexity index is 1770. The third-order valence-electron chi connectivity index (χ3n) is 10.1. The molecule has 17 nitrogen and oxygen atoms in total. The summed E-state index contributed by atoms with van der Waals surface area (Å²) in [6.07, 6.45) is 1.08. The molecule has 0 bridgehead atoms. The van der Waals surface area contributed by atoms with Gasteiger partial charge in [-0.2, -0.15) is 0 Å². The van der Waals surface area contributed by atoms with E-state index in [-0.39, 0.29) is 96.3 Å². The molecular formula is C40H60N5O12P. The number of aliphatic carboxylic acids is 3. The number of aryl methyl sites for hydroxylation is 5. The SMILES string of the molecule is Cc1cc(C)c(-c2cc(C)c(OP(=O)(O)OCCC[C@H](C(=O)O)N3CCN(CC=O)CCN(CC(=O)NCCCC(=O)O)CCN(CC(=O)O)CC3)cc2C)c(C)c1. The van der Waals surface area contributed by atoms with Crippen LogP contribution in [0.5, 0.6) is 5.75 Å². The van der Waals surface area contributed by atoms with Crippen LogP contribution in [0, 0.1) is 34.6 Å². The highest BCUT2D eigenvalue weighted by atomic mass is 31.2. The molecule has 3 rings (SSSR count). The first-order valence-corrected chi connectivity index (χ1v) is 21.0. The number of nitrogens with one attached hydrogen (secondary N) is 1. The van der Waals surface area contributed by atoms with E-state index >= 15 is 0 Å². The van der Waals surface area contributed by atoms with Crippen LogP contribution in [0.1, 0.15) is 53.5 Å². The number of phosphoric ester groups is 1. The molecule has 2 aromatic carbocycles. The van der Waals surface area contributed by atoms with Crippen LogP contribution in [-0.2, 0) is 33.1 Å². The molecule has 2 atom stereocenters. The van der Waals surface area contributed by atoms with Gasteiger partial charge in [0.2, 0.25) is 5.91 Å². The number of carbonyl (C=O) groups is 5. The maximum atomic E-state index is 13.1. The van der Waals surface area contributed by atoms with Crippen LogP contribution in [-0.4, -0.2) is 161 Å². The van der Waals surface area contributed by atoms with Gasteiger partial charge >= 0.3 is 25.7 Å². The van der Waals surface area contributed by atoms with Gasteiger partial charge in [0.15, 0.2) is 0 Å². The molecule has 1 saturated heterocycles. The average Bonchev–Trinajstić information content (AvgIpc) is 3.11. The van der Waals surface area contributed by atoms with Gasteiger partial charge in [-0.1, -0.05) is 17.7 Å². The summed E-state index contributed by atoms with van der Waals surface area (Å²) in [6.45, 7) is 11.6. The van der Waals surface area contributed by atoms with Crippen molar-refractivity contribution in [3.63, 3.8) is 0 Å². The highest BCUT2D eigenvalue weighted by Gasteiger charge is 2.29. The average molecular weight is 834 g/mol. The number of aldehydes is 1. The molecule has 322 valence electrons. The molecule has 1 aliphatic rings. The van der Waals surface area contributed by atoms with E-state index in [9.17, 15) is 43.6 Å². The molecule has 1 unspecified atom stereocenters. The molecule has 18 heteroatoms. The topological polar surface area (TPSA) is 227 Å². The first-order valence-electron chi connectivity index (χ1n) is 19.5. The number of carbonyl (C=O) groups excluding carboxylic acids is 2. The van der Waals surface area contributed by atoms with Crippen LogP contribution < -0.4 is 9.84 Å². The summed E-state index contributed by atoms with van der Waals surface area (Å²) in [7, 11) is -4.60. The number of nitrogens with zero attached hydrogens (tertiary/aromatic N) is 4. The van der Waals surface area contributed by atoms with Crippen LogP contribution in [0.3, 0.4) is 0 Å². The van der Waals surface area contributed by atoms with Crippen LogP contribution in [0.4, 0.5) is 0 Å².